The van der Waals surface area contributed by atoms with Crippen molar-refractivity contribution in [3.8, 4) is 0 Å². The summed E-state index contributed by atoms with van der Waals surface area (Å²) in [5.41, 5.74) is 9.99. The summed E-state index contributed by atoms with van der Waals surface area (Å²) in [6.07, 6.45) is 3.73. The number of aryl methyl sites for hydroxylation is 1. The van der Waals surface area contributed by atoms with Crippen LogP contribution < -0.4 is 0 Å². The second kappa shape index (κ2) is 7.86. The molecule has 2 heteroatoms. The summed E-state index contributed by atoms with van der Waals surface area (Å²) in [7, 11) is 0. The Morgan fingerprint density at radius 1 is 0.528 bits per heavy atom. The van der Waals surface area contributed by atoms with Crippen molar-refractivity contribution in [2.24, 2.45) is 0 Å². The number of rotatable bonds is 2. The molecular weight excluding hydrogens is 440 g/mol. The number of hydrogen-bond donors (Lipinski definition) is 0. The first kappa shape index (κ1) is 21.0. The molecule has 7 rings (SSSR count). The highest BCUT2D eigenvalue weighted by atomic mass is 16.1. The van der Waals surface area contributed by atoms with E-state index in [0.29, 0.717) is 11.1 Å². The van der Waals surface area contributed by atoms with Crippen molar-refractivity contribution in [2.45, 2.75) is 24.7 Å². The van der Waals surface area contributed by atoms with Crippen LogP contribution in [0.5, 0.6) is 0 Å². The van der Waals surface area contributed by atoms with E-state index in [1.54, 1.807) is 0 Å². The largest absolute Gasteiger partial charge is 0.289 e. The normalized spacial score (nSPS) is 21.6. The number of benzene rings is 4. The fourth-order valence-electron chi connectivity index (χ4n) is 6.60. The van der Waals surface area contributed by atoms with Gasteiger partial charge in [-0.2, -0.15) is 0 Å². The van der Waals surface area contributed by atoms with Crippen molar-refractivity contribution >= 4 is 11.6 Å². The molecule has 0 amide bonds. The summed E-state index contributed by atoms with van der Waals surface area (Å²) in [6, 6.07) is 33.4. The first-order valence-electron chi connectivity index (χ1n) is 12.5. The van der Waals surface area contributed by atoms with Crippen molar-refractivity contribution in [2.75, 3.05) is 0 Å². The van der Waals surface area contributed by atoms with Crippen molar-refractivity contribution in [1.82, 2.24) is 0 Å². The van der Waals surface area contributed by atoms with E-state index in [2.05, 4.69) is 72.8 Å². The van der Waals surface area contributed by atoms with Gasteiger partial charge in [0.1, 0.15) is 0 Å². The molecule has 0 N–H and O–H groups in total. The molecule has 2 nitrogen and oxygen atoms in total. The highest BCUT2D eigenvalue weighted by molar-refractivity contribution is 6.15. The van der Waals surface area contributed by atoms with Gasteiger partial charge in [-0.1, -0.05) is 84.9 Å². The number of carbonyl (C=O) groups is 2. The SMILES string of the molecule is Cc1cc2c3c(c1)C(=O)C=C1C3C(=CC2=O)C(c2ccccc2)c2ccccc2C1c1ccccc1. The Balaban J connectivity index is 1.62. The first-order chi connectivity index (χ1) is 17.6. The smallest absolute Gasteiger partial charge is 0.186 e. The van der Waals surface area contributed by atoms with Gasteiger partial charge in [-0.25, -0.2) is 0 Å². The first-order valence-corrected chi connectivity index (χ1v) is 12.5. The zero-order chi connectivity index (χ0) is 24.4. The van der Waals surface area contributed by atoms with Gasteiger partial charge >= 0.3 is 0 Å². The van der Waals surface area contributed by atoms with Crippen molar-refractivity contribution in [3.05, 3.63) is 165 Å². The minimum absolute atomic E-state index is 0.00757. The number of ketones is 2. The third kappa shape index (κ3) is 2.97. The number of hydrogen-bond acceptors (Lipinski definition) is 2. The number of fused-ring (bicyclic) bond motifs is 1. The zero-order valence-corrected chi connectivity index (χ0v) is 19.9. The van der Waals surface area contributed by atoms with Crippen LogP contribution in [0.1, 0.15) is 71.9 Å². The molecule has 0 saturated heterocycles. The Hall–Kier alpha value is -4.30. The lowest BCUT2D eigenvalue weighted by Crippen LogP contribution is -2.27. The fourth-order valence-corrected chi connectivity index (χ4v) is 6.60. The lowest BCUT2D eigenvalue weighted by atomic mass is 9.65. The summed E-state index contributed by atoms with van der Waals surface area (Å²) in [5.74, 6) is -0.305. The van der Waals surface area contributed by atoms with Crippen LogP contribution in [-0.4, -0.2) is 11.6 Å². The molecule has 0 bridgehead atoms. The Bertz CT molecular complexity index is 1510. The van der Waals surface area contributed by atoms with Crippen LogP contribution >= 0.6 is 0 Å². The van der Waals surface area contributed by atoms with Gasteiger partial charge in [0.25, 0.3) is 0 Å². The summed E-state index contributed by atoms with van der Waals surface area (Å²) in [6.45, 7) is 1.96. The predicted octanol–water partition coefficient (Wildman–Crippen LogP) is 7.30. The highest BCUT2D eigenvalue weighted by Gasteiger charge is 2.45. The van der Waals surface area contributed by atoms with E-state index >= 15 is 0 Å². The molecule has 2 unspecified atom stereocenters. The summed E-state index contributed by atoms with van der Waals surface area (Å²) in [5, 5.41) is 0. The Kier molecular flexibility index (Phi) is 4.59. The molecule has 0 spiro atoms. The van der Waals surface area contributed by atoms with Gasteiger partial charge < -0.3 is 0 Å². The molecule has 0 fully saturated rings. The minimum Gasteiger partial charge on any atom is -0.289 e. The van der Waals surface area contributed by atoms with Crippen LogP contribution in [0.2, 0.25) is 0 Å². The average molecular weight is 465 g/mol. The summed E-state index contributed by atoms with van der Waals surface area (Å²) >= 11 is 0. The predicted molar refractivity (Wildman–Crippen MR) is 142 cm³/mol. The van der Waals surface area contributed by atoms with E-state index < -0.39 is 0 Å². The summed E-state index contributed by atoms with van der Waals surface area (Å²) < 4.78 is 0. The second-order valence-corrected chi connectivity index (χ2v) is 10.0. The third-order valence-corrected chi connectivity index (χ3v) is 7.96. The molecule has 0 aliphatic heterocycles. The molecule has 0 radical (unpaired) electrons. The quantitative estimate of drug-likeness (QED) is 0.312. The van der Waals surface area contributed by atoms with Crippen molar-refractivity contribution in [3.63, 3.8) is 0 Å². The lowest BCUT2D eigenvalue weighted by molar-refractivity contribution is 0.103. The second-order valence-electron chi connectivity index (χ2n) is 10.0. The van der Waals surface area contributed by atoms with E-state index in [4.69, 9.17) is 0 Å². The van der Waals surface area contributed by atoms with E-state index in [-0.39, 0.29) is 29.3 Å². The topological polar surface area (TPSA) is 34.1 Å². The molecule has 4 aromatic carbocycles. The number of allylic oxidation sites excluding steroid dienone is 4. The molecule has 0 heterocycles. The maximum absolute atomic E-state index is 13.6. The molecule has 0 saturated carbocycles. The maximum Gasteiger partial charge on any atom is 0.186 e. The Labute approximate surface area is 210 Å². The van der Waals surface area contributed by atoms with Gasteiger partial charge in [0, 0.05) is 28.9 Å². The molecule has 172 valence electrons. The maximum atomic E-state index is 13.6. The van der Waals surface area contributed by atoms with E-state index in [0.717, 1.165) is 33.4 Å². The van der Waals surface area contributed by atoms with Gasteiger partial charge in [-0.3, -0.25) is 9.59 Å². The molecule has 36 heavy (non-hydrogen) atoms. The van der Waals surface area contributed by atoms with Gasteiger partial charge in [0.15, 0.2) is 11.6 Å². The van der Waals surface area contributed by atoms with Gasteiger partial charge in [-0.05, 0) is 75.7 Å². The van der Waals surface area contributed by atoms with E-state index in [9.17, 15) is 9.59 Å². The van der Waals surface area contributed by atoms with Crippen LogP contribution in [0.25, 0.3) is 0 Å². The third-order valence-electron chi connectivity index (χ3n) is 7.96. The molecule has 0 aromatic heterocycles. The fraction of sp³-hybridized carbons (Fsp3) is 0.118. The highest BCUT2D eigenvalue weighted by Crippen LogP contribution is 2.57. The van der Waals surface area contributed by atoms with Crippen LogP contribution in [0.3, 0.4) is 0 Å². The van der Waals surface area contributed by atoms with Crippen LogP contribution in [0.4, 0.5) is 0 Å². The van der Waals surface area contributed by atoms with Gasteiger partial charge in [-0.15, -0.1) is 0 Å². The molecule has 3 aliphatic rings. The van der Waals surface area contributed by atoms with Crippen LogP contribution in [-0.2, 0) is 0 Å². The monoisotopic (exact) mass is 464 g/mol. The van der Waals surface area contributed by atoms with Crippen molar-refractivity contribution < 1.29 is 9.59 Å². The molecule has 4 aromatic rings. The molecule has 2 atom stereocenters. The zero-order valence-electron chi connectivity index (χ0n) is 19.9. The Morgan fingerprint density at radius 2 is 0.944 bits per heavy atom. The van der Waals surface area contributed by atoms with Crippen LogP contribution in [0.15, 0.2) is 120 Å². The van der Waals surface area contributed by atoms with Gasteiger partial charge in [0.05, 0.1) is 0 Å². The minimum atomic E-state index is -0.131. The molecule has 3 aliphatic carbocycles. The Morgan fingerprint density at radius 3 is 1.39 bits per heavy atom. The van der Waals surface area contributed by atoms with Crippen molar-refractivity contribution in [1.29, 1.82) is 0 Å². The summed E-state index contributed by atoms with van der Waals surface area (Å²) in [4.78, 5) is 27.3. The average Bonchev–Trinajstić information content (AvgIpc) is 3.02. The van der Waals surface area contributed by atoms with E-state index in [1.165, 1.54) is 11.1 Å². The number of carbonyl (C=O) groups excluding carboxylic acids is 2. The lowest BCUT2D eigenvalue weighted by Gasteiger charge is -2.36. The van der Waals surface area contributed by atoms with Crippen LogP contribution in [0, 0.1) is 6.92 Å². The standard InChI is InChI=1S/C34H24O2/c1-20-16-25-29(35)18-27-31(21-10-4-2-5-11-21)23-14-8-9-15-24(23)32(22-12-6-3-7-13-22)28-19-30(36)26(17-20)33(25)34(27)28/h2-19,31-32,34H,1H3. The van der Waals surface area contributed by atoms with E-state index in [1.807, 2.05) is 43.3 Å². The molecular formula is C34H24O2. The van der Waals surface area contributed by atoms with Gasteiger partial charge in [0.2, 0.25) is 0 Å².